The van der Waals surface area contributed by atoms with Crippen LogP contribution in [0.2, 0.25) is 5.22 Å². The lowest BCUT2D eigenvalue weighted by Crippen LogP contribution is -2.19. The van der Waals surface area contributed by atoms with Crippen molar-refractivity contribution < 1.29 is 4.42 Å². The first-order valence-corrected chi connectivity index (χ1v) is 6.43. The number of para-hydroxylation sites is 1. The molecular formula is C13H13ClN4O. The molecule has 0 spiro atoms. The van der Waals surface area contributed by atoms with Gasteiger partial charge in [-0.05, 0) is 17.7 Å². The van der Waals surface area contributed by atoms with E-state index in [9.17, 15) is 0 Å². The van der Waals surface area contributed by atoms with E-state index in [0.717, 1.165) is 29.6 Å². The van der Waals surface area contributed by atoms with Crippen LogP contribution in [-0.4, -0.2) is 21.5 Å². The zero-order chi connectivity index (χ0) is 13.1. The van der Waals surface area contributed by atoms with Crippen molar-refractivity contribution in [2.45, 2.75) is 13.1 Å². The molecular weight excluding hydrogens is 264 g/mol. The normalized spacial score (nSPS) is 11.2. The Labute approximate surface area is 115 Å². The minimum Gasteiger partial charge on any atom is -0.444 e. The molecule has 6 heteroatoms. The first kappa shape index (κ1) is 12.2. The van der Waals surface area contributed by atoms with E-state index in [0.29, 0.717) is 11.8 Å². The predicted molar refractivity (Wildman–Crippen MR) is 73.0 cm³/mol. The van der Waals surface area contributed by atoms with Crippen LogP contribution in [0.25, 0.3) is 11.0 Å². The number of rotatable bonds is 5. The number of hydrogen-bond donors (Lipinski definition) is 1. The van der Waals surface area contributed by atoms with E-state index in [1.165, 1.54) is 0 Å². The first-order valence-electron chi connectivity index (χ1n) is 6.05. The third-order valence-electron chi connectivity index (χ3n) is 2.94. The molecule has 5 nitrogen and oxygen atoms in total. The number of nitrogens with zero attached hydrogens (tertiary/aromatic N) is 3. The monoisotopic (exact) mass is 276 g/mol. The molecule has 1 aromatic carbocycles. The number of fused-ring (bicyclic) bond motifs is 1. The van der Waals surface area contributed by atoms with Crippen molar-refractivity contribution >= 4 is 22.6 Å². The van der Waals surface area contributed by atoms with Crippen LogP contribution >= 0.6 is 11.6 Å². The summed E-state index contributed by atoms with van der Waals surface area (Å²) in [7, 11) is 0. The van der Waals surface area contributed by atoms with Gasteiger partial charge in [-0.3, -0.25) is 4.68 Å². The summed E-state index contributed by atoms with van der Waals surface area (Å²) in [4.78, 5) is 0. The Bertz CT molecular complexity index is 662. The highest BCUT2D eigenvalue weighted by molar-refractivity contribution is 6.30. The van der Waals surface area contributed by atoms with E-state index in [1.54, 1.807) is 10.9 Å². The van der Waals surface area contributed by atoms with Crippen LogP contribution in [0.4, 0.5) is 0 Å². The van der Waals surface area contributed by atoms with Crippen LogP contribution < -0.4 is 5.32 Å². The van der Waals surface area contributed by atoms with Gasteiger partial charge >= 0.3 is 0 Å². The van der Waals surface area contributed by atoms with Crippen molar-refractivity contribution in [1.82, 2.24) is 20.3 Å². The molecule has 2 heterocycles. The Balaban J connectivity index is 1.63. The van der Waals surface area contributed by atoms with E-state index in [1.807, 2.05) is 30.5 Å². The molecule has 3 aromatic rings. The Hall–Kier alpha value is -1.85. The quantitative estimate of drug-likeness (QED) is 0.728. The van der Waals surface area contributed by atoms with Gasteiger partial charge in [0, 0.05) is 30.2 Å². The van der Waals surface area contributed by atoms with Crippen LogP contribution in [-0.2, 0) is 13.1 Å². The van der Waals surface area contributed by atoms with Crippen molar-refractivity contribution in [2.75, 3.05) is 6.54 Å². The maximum absolute atomic E-state index is 6.11. The van der Waals surface area contributed by atoms with Crippen molar-refractivity contribution in [3.8, 4) is 0 Å². The second-order valence-electron chi connectivity index (χ2n) is 4.19. The molecule has 0 amide bonds. The van der Waals surface area contributed by atoms with Crippen molar-refractivity contribution in [3.63, 3.8) is 0 Å². The molecule has 0 aliphatic carbocycles. The molecule has 0 saturated carbocycles. The average molecular weight is 277 g/mol. The van der Waals surface area contributed by atoms with Gasteiger partial charge in [-0.15, -0.1) is 5.10 Å². The summed E-state index contributed by atoms with van der Waals surface area (Å²) in [5.74, 6) is 0. The summed E-state index contributed by atoms with van der Waals surface area (Å²) >= 11 is 6.11. The van der Waals surface area contributed by atoms with Crippen LogP contribution in [0, 0.1) is 0 Å². The number of benzene rings is 1. The number of hydrogen-bond acceptors (Lipinski definition) is 4. The van der Waals surface area contributed by atoms with Crippen LogP contribution in [0.15, 0.2) is 41.1 Å². The van der Waals surface area contributed by atoms with Crippen LogP contribution in [0.3, 0.4) is 0 Å². The molecule has 2 aromatic heterocycles. The number of furan rings is 1. The lowest BCUT2D eigenvalue weighted by Gasteiger charge is -2.03. The molecule has 0 aliphatic rings. The molecule has 0 aliphatic heterocycles. The maximum atomic E-state index is 6.11. The number of nitrogens with one attached hydrogen (secondary N) is 1. The molecule has 19 heavy (non-hydrogen) atoms. The van der Waals surface area contributed by atoms with Gasteiger partial charge in [-0.25, -0.2) is 0 Å². The summed E-state index contributed by atoms with van der Waals surface area (Å²) in [6.45, 7) is 2.23. The summed E-state index contributed by atoms with van der Waals surface area (Å²) in [5, 5.41) is 12.5. The Morgan fingerprint density at radius 2 is 2.21 bits per heavy atom. The molecule has 0 fully saturated rings. The van der Waals surface area contributed by atoms with Crippen molar-refractivity contribution in [3.05, 3.63) is 47.4 Å². The third kappa shape index (κ3) is 2.62. The highest BCUT2D eigenvalue weighted by atomic mass is 35.5. The zero-order valence-electron chi connectivity index (χ0n) is 10.2. The fourth-order valence-corrected chi connectivity index (χ4v) is 2.24. The van der Waals surface area contributed by atoms with Gasteiger partial charge in [0.15, 0.2) is 5.22 Å². The van der Waals surface area contributed by atoms with Gasteiger partial charge in [-0.2, -0.15) is 0 Å². The minimum atomic E-state index is 0.453. The molecule has 98 valence electrons. The molecule has 0 bridgehead atoms. The maximum Gasteiger partial charge on any atom is 0.199 e. The standard InChI is InChI=1S/C13H13ClN4O/c14-13-11(10-3-1-2-4-12(10)19-13)9-15-5-7-18-8-6-16-17-18/h1-4,6,8,15H,5,7,9H2. The summed E-state index contributed by atoms with van der Waals surface area (Å²) in [6, 6.07) is 7.84. The van der Waals surface area contributed by atoms with E-state index >= 15 is 0 Å². The van der Waals surface area contributed by atoms with Crippen molar-refractivity contribution in [1.29, 1.82) is 0 Å². The van der Waals surface area contributed by atoms with E-state index in [2.05, 4.69) is 15.6 Å². The smallest absolute Gasteiger partial charge is 0.199 e. The van der Waals surface area contributed by atoms with E-state index in [4.69, 9.17) is 16.0 Å². The Kier molecular flexibility index (Phi) is 3.48. The average Bonchev–Trinajstić information content (AvgIpc) is 3.02. The highest BCUT2D eigenvalue weighted by Crippen LogP contribution is 2.29. The molecule has 0 radical (unpaired) electrons. The van der Waals surface area contributed by atoms with E-state index < -0.39 is 0 Å². The second kappa shape index (κ2) is 5.42. The highest BCUT2D eigenvalue weighted by Gasteiger charge is 2.11. The number of halogens is 1. The minimum absolute atomic E-state index is 0.453. The Morgan fingerprint density at radius 1 is 1.32 bits per heavy atom. The molecule has 3 rings (SSSR count). The lowest BCUT2D eigenvalue weighted by molar-refractivity contribution is 0.537. The lowest BCUT2D eigenvalue weighted by atomic mass is 10.2. The fourth-order valence-electron chi connectivity index (χ4n) is 1.99. The van der Waals surface area contributed by atoms with Crippen molar-refractivity contribution in [2.24, 2.45) is 0 Å². The van der Waals surface area contributed by atoms with Gasteiger partial charge in [0.25, 0.3) is 0 Å². The van der Waals surface area contributed by atoms with Gasteiger partial charge in [0.2, 0.25) is 0 Å². The SMILES string of the molecule is Clc1oc2ccccc2c1CNCCn1ccnn1. The van der Waals surface area contributed by atoms with Crippen LogP contribution in [0.5, 0.6) is 0 Å². The molecule has 0 atom stereocenters. The predicted octanol–water partition coefficient (Wildman–Crippen LogP) is 2.47. The summed E-state index contributed by atoms with van der Waals surface area (Å²) in [5.41, 5.74) is 1.82. The van der Waals surface area contributed by atoms with E-state index in [-0.39, 0.29) is 0 Å². The third-order valence-corrected chi connectivity index (χ3v) is 3.25. The summed E-state index contributed by atoms with van der Waals surface area (Å²) in [6.07, 6.45) is 3.50. The zero-order valence-corrected chi connectivity index (χ0v) is 11.0. The Morgan fingerprint density at radius 3 is 3.05 bits per heavy atom. The molecule has 0 saturated heterocycles. The number of aromatic nitrogens is 3. The second-order valence-corrected chi connectivity index (χ2v) is 4.54. The summed E-state index contributed by atoms with van der Waals surface area (Å²) < 4.78 is 7.28. The van der Waals surface area contributed by atoms with Gasteiger partial charge in [0.05, 0.1) is 12.7 Å². The van der Waals surface area contributed by atoms with Gasteiger partial charge < -0.3 is 9.73 Å². The largest absolute Gasteiger partial charge is 0.444 e. The first-order chi connectivity index (χ1) is 9.34. The molecule has 0 unspecified atom stereocenters. The van der Waals surface area contributed by atoms with Gasteiger partial charge in [-0.1, -0.05) is 23.4 Å². The topological polar surface area (TPSA) is 55.9 Å². The molecule has 1 N–H and O–H groups in total. The fraction of sp³-hybridized carbons (Fsp3) is 0.231. The van der Waals surface area contributed by atoms with Gasteiger partial charge in [0.1, 0.15) is 5.58 Å². The van der Waals surface area contributed by atoms with Crippen LogP contribution in [0.1, 0.15) is 5.56 Å².